The molecule has 1 rings (SSSR count). The Hall–Kier alpha value is -0.130. The van der Waals surface area contributed by atoms with Crippen LogP contribution in [0.3, 0.4) is 0 Å². The van der Waals surface area contributed by atoms with E-state index in [2.05, 4.69) is 11.8 Å². The molecule has 0 aromatic rings. The number of hydrogen-bond donors (Lipinski definition) is 1. The maximum Gasteiger partial charge on any atom is 0.150 e. The highest BCUT2D eigenvalue weighted by atomic mass is 32.2. The highest BCUT2D eigenvalue weighted by Crippen LogP contribution is 2.27. The van der Waals surface area contributed by atoms with Crippen molar-refractivity contribution in [2.75, 3.05) is 26.0 Å². The predicted octanol–water partition coefficient (Wildman–Crippen LogP) is 1.44. The van der Waals surface area contributed by atoms with Gasteiger partial charge in [-0.25, -0.2) is 8.42 Å². The summed E-state index contributed by atoms with van der Waals surface area (Å²) < 4.78 is 23.3. The lowest BCUT2D eigenvalue weighted by Gasteiger charge is -2.36. The zero-order valence-corrected chi connectivity index (χ0v) is 12.5. The summed E-state index contributed by atoms with van der Waals surface area (Å²) in [5, 5.41) is 8.95. The van der Waals surface area contributed by atoms with Crippen molar-refractivity contribution >= 4 is 9.84 Å². The first kappa shape index (κ1) is 15.9. The van der Waals surface area contributed by atoms with Crippen molar-refractivity contribution in [2.45, 2.75) is 56.7 Å². The van der Waals surface area contributed by atoms with Crippen LogP contribution in [0.1, 0.15) is 45.4 Å². The van der Waals surface area contributed by atoms with Crippen molar-refractivity contribution in [3.8, 4) is 0 Å². The third-order valence-electron chi connectivity index (χ3n) is 3.91. The van der Waals surface area contributed by atoms with E-state index in [0.29, 0.717) is 12.6 Å². The van der Waals surface area contributed by atoms with E-state index in [0.717, 1.165) is 45.1 Å². The van der Waals surface area contributed by atoms with Crippen LogP contribution in [0.2, 0.25) is 0 Å². The molecule has 2 atom stereocenters. The van der Waals surface area contributed by atoms with Gasteiger partial charge in [0.15, 0.2) is 0 Å². The minimum atomic E-state index is -2.92. The van der Waals surface area contributed by atoms with Gasteiger partial charge in [0.2, 0.25) is 0 Å². The van der Waals surface area contributed by atoms with Crippen LogP contribution in [0.5, 0.6) is 0 Å². The molecule has 108 valence electrons. The summed E-state index contributed by atoms with van der Waals surface area (Å²) in [7, 11) is -2.92. The van der Waals surface area contributed by atoms with Crippen LogP contribution in [0.25, 0.3) is 0 Å². The van der Waals surface area contributed by atoms with Crippen LogP contribution in [0.15, 0.2) is 0 Å². The summed E-state index contributed by atoms with van der Waals surface area (Å²) in [6.07, 6.45) is 7.18. The lowest BCUT2D eigenvalue weighted by Crippen LogP contribution is -2.43. The minimum absolute atomic E-state index is 0.157. The van der Waals surface area contributed by atoms with Gasteiger partial charge in [0.05, 0.1) is 11.9 Å². The van der Waals surface area contributed by atoms with Crippen LogP contribution in [0, 0.1) is 0 Å². The van der Waals surface area contributed by atoms with Crippen molar-refractivity contribution in [3.05, 3.63) is 0 Å². The van der Waals surface area contributed by atoms with E-state index in [1.165, 1.54) is 6.26 Å². The van der Waals surface area contributed by atoms with Gasteiger partial charge in [0, 0.05) is 18.8 Å². The maximum absolute atomic E-state index is 11.7. The molecule has 1 N–H and O–H groups in total. The van der Waals surface area contributed by atoms with E-state index in [-0.39, 0.29) is 11.9 Å². The fourth-order valence-corrected chi connectivity index (χ4v) is 3.97. The van der Waals surface area contributed by atoms with Crippen molar-refractivity contribution in [2.24, 2.45) is 0 Å². The molecule has 0 spiro atoms. The molecular weight excluding hydrogens is 250 g/mol. The monoisotopic (exact) mass is 277 g/mol. The van der Waals surface area contributed by atoms with Crippen molar-refractivity contribution in [3.63, 3.8) is 0 Å². The number of unbranched alkanes of at least 4 members (excludes halogenated alkanes) is 1. The molecule has 0 aliphatic heterocycles. The Labute approximate surface area is 111 Å². The topological polar surface area (TPSA) is 57.6 Å². The Morgan fingerprint density at radius 3 is 2.56 bits per heavy atom. The van der Waals surface area contributed by atoms with Crippen LogP contribution < -0.4 is 0 Å². The van der Waals surface area contributed by atoms with Crippen LogP contribution in [0.4, 0.5) is 0 Å². The average molecular weight is 277 g/mol. The van der Waals surface area contributed by atoms with Gasteiger partial charge in [-0.05, 0) is 32.2 Å². The molecule has 0 radical (unpaired) electrons. The summed E-state index contributed by atoms with van der Waals surface area (Å²) in [5.41, 5.74) is 0. The second-order valence-corrected chi connectivity index (χ2v) is 7.71. The van der Waals surface area contributed by atoms with Crippen molar-refractivity contribution in [1.29, 1.82) is 0 Å². The summed E-state index contributed by atoms with van der Waals surface area (Å²) in [6.45, 7) is 3.94. The smallest absolute Gasteiger partial charge is 0.150 e. The number of aliphatic hydroxyl groups is 1. The molecule has 4 nitrogen and oxygen atoms in total. The van der Waals surface area contributed by atoms with Crippen molar-refractivity contribution in [1.82, 2.24) is 4.90 Å². The van der Waals surface area contributed by atoms with Gasteiger partial charge >= 0.3 is 0 Å². The van der Waals surface area contributed by atoms with Gasteiger partial charge in [0.25, 0.3) is 0 Å². The zero-order valence-electron chi connectivity index (χ0n) is 11.6. The van der Waals surface area contributed by atoms with Crippen molar-refractivity contribution < 1.29 is 13.5 Å². The summed E-state index contributed by atoms with van der Waals surface area (Å²) >= 11 is 0. The van der Waals surface area contributed by atoms with Crippen LogP contribution >= 0.6 is 0 Å². The molecule has 2 unspecified atom stereocenters. The molecule has 0 heterocycles. The quantitative estimate of drug-likeness (QED) is 0.765. The predicted molar refractivity (Wildman–Crippen MR) is 74.5 cm³/mol. The maximum atomic E-state index is 11.7. The van der Waals surface area contributed by atoms with Gasteiger partial charge in [-0.2, -0.15) is 0 Å². The first-order valence-corrected chi connectivity index (χ1v) is 8.98. The number of nitrogens with zero attached hydrogens (tertiary/aromatic N) is 1. The largest absolute Gasteiger partial charge is 0.395 e. The standard InChI is InChI=1S/C13H27NO3S/c1-3-4-8-14(9-10-15)12-6-5-7-13(11-12)18(2,16)17/h12-13,15H,3-11H2,1-2H3. The Morgan fingerprint density at radius 1 is 1.28 bits per heavy atom. The molecule has 18 heavy (non-hydrogen) atoms. The lowest BCUT2D eigenvalue weighted by molar-refractivity contribution is 0.123. The van der Waals surface area contributed by atoms with E-state index in [9.17, 15) is 8.42 Å². The van der Waals surface area contributed by atoms with Gasteiger partial charge in [-0.1, -0.05) is 19.8 Å². The fourth-order valence-electron chi connectivity index (χ4n) is 2.81. The molecule has 5 heteroatoms. The highest BCUT2D eigenvalue weighted by Gasteiger charge is 2.31. The van der Waals surface area contributed by atoms with Crippen LogP contribution in [-0.2, 0) is 9.84 Å². The Kier molecular flexibility index (Phi) is 6.60. The van der Waals surface area contributed by atoms with Gasteiger partial charge < -0.3 is 5.11 Å². The second kappa shape index (κ2) is 7.46. The summed E-state index contributed by atoms with van der Waals surface area (Å²) in [5.74, 6) is 0. The number of rotatable bonds is 7. The number of sulfone groups is 1. The van der Waals surface area contributed by atoms with E-state index in [1.807, 2.05) is 0 Å². The SMILES string of the molecule is CCCCN(CCO)C1CCCC(S(C)(=O)=O)C1. The molecule has 1 saturated carbocycles. The highest BCUT2D eigenvalue weighted by molar-refractivity contribution is 7.91. The molecular formula is C13H27NO3S. The first-order chi connectivity index (χ1) is 8.49. The fraction of sp³-hybridized carbons (Fsp3) is 1.00. The zero-order chi connectivity index (χ0) is 13.6. The molecule has 0 saturated heterocycles. The van der Waals surface area contributed by atoms with Gasteiger partial charge in [-0.15, -0.1) is 0 Å². The number of hydrogen-bond acceptors (Lipinski definition) is 4. The van der Waals surface area contributed by atoms with Crippen LogP contribution in [-0.4, -0.2) is 55.7 Å². The van der Waals surface area contributed by atoms with E-state index >= 15 is 0 Å². The van der Waals surface area contributed by atoms with Gasteiger partial charge in [-0.3, -0.25) is 4.90 Å². The summed E-state index contributed by atoms with van der Waals surface area (Å²) in [4.78, 5) is 2.28. The molecule has 0 bridgehead atoms. The molecule has 1 fully saturated rings. The third kappa shape index (κ3) is 4.86. The molecule has 1 aliphatic rings. The molecule has 0 amide bonds. The Morgan fingerprint density at radius 2 is 2.00 bits per heavy atom. The summed E-state index contributed by atoms with van der Waals surface area (Å²) in [6, 6.07) is 0.331. The second-order valence-electron chi connectivity index (χ2n) is 5.39. The van der Waals surface area contributed by atoms with Gasteiger partial charge in [0.1, 0.15) is 9.84 Å². The minimum Gasteiger partial charge on any atom is -0.395 e. The van der Waals surface area contributed by atoms with E-state index in [1.54, 1.807) is 0 Å². The normalized spacial score (nSPS) is 25.6. The molecule has 1 aliphatic carbocycles. The van der Waals surface area contributed by atoms with E-state index in [4.69, 9.17) is 5.11 Å². The Balaban J connectivity index is 2.61. The lowest BCUT2D eigenvalue weighted by atomic mass is 9.93. The first-order valence-electron chi connectivity index (χ1n) is 7.02. The molecule has 0 aromatic carbocycles. The Bertz CT molecular complexity index is 329. The molecule has 0 aromatic heterocycles. The average Bonchev–Trinajstić information content (AvgIpc) is 2.33. The third-order valence-corrected chi connectivity index (χ3v) is 5.55. The number of aliphatic hydroxyl groups excluding tert-OH is 1. The van der Waals surface area contributed by atoms with E-state index < -0.39 is 9.84 Å².